The summed E-state index contributed by atoms with van der Waals surface area (Å²) in [5, 5.41) is -0.150. The van der Waals surface area contributed by atoms with Crippen molar-refractivity contribution in [3.63, 3.8) is 0 Å². The van der Waals surface area contributed by atoms with Crippen molar-refractivity contribution in [1.29, 1.82) is 0 Å². The SMILES string of the molecule is O=C(NNc1ccccc1C(F)(F)F)c1c(F)cccc1Cl. The van der Waals surface area contributed by atoms with E-state index in [1.165, 1.54) is 24.3 Å². The van der Waals surface area contributed by atoms with Gasteiger partial charge >= 0.3 is 6.18 Å². The van der Waals surface area contributed by atoms with Gasteiger partial charge in [0.1, 0.15) is 5.82 Å². The van der Waals surface area contributed by atoms with Crippen LogP contribution in [0.2, 0.25) is 5.02 Å². The van der Waals surface area contributed by atoms with E-state index in [4.69, 9.17) is 11.6 Å². The maximum atomic E-state index is 13.5. The molecular weight excluding hydrogens is 324 g/mol. The van der Waals surface area contributed by atoms with Gasteiger partial charge in [0.2, 0.25) is 0 Å². The van der Waals surface area contributed by atoms with Crippen molar-refractivity contribution in [2.75, 3.05) is 5.43 Å². The minimum absolute atomic E-state index is 0.150. The van der Waals surface area contributed by atoms with Crippen molar-refractivity contribution in [3.05, 3.63) is 64.4 Å². The van der Waals surface area contributed by atoms with E-state index in [-0.39, 0.29) is 10.7 Å². The minimum atomic E-state index is -4.59. The quantitative estimate of drug-likeness (QED) is 0.651. The topological polar surface area (TPSA) is 41.1 Å². The lowest BCUT2D eigenvalue weighted by Gasteiger charge is -2.15. The standard InChI is InChI=1S/C14H9ClF4N2O/c15-9-5-3-6-10(16)12(9)13(22)21-20-11-7-2-1-4-8(11)14(17,18)19/h1-7,20H,(H,21,22). The van der Waals surface area contributed by atoms with Crippen LogP contribution < -0.4 is 10.9 Å². The molecule has 2 aromatic rings. The average Bonchev–Trinajstić information content (AvgIpc) is 2.44. The average molecular weight is 333 g/mol. The Hall–Kier alpha value is -2.28. The van der Waals surface area contributed by atoms with Crippen LogP contribution in [0.25, 0.3) is 0 Å². The summed E-state index contributed by atoms with van der Waals surface area (Å²) >= 11 is 5.70. The number of hydrazine groups is 1. The number of amides is 1. The molecule has 0 atom stereocenters. The summed E-state index contributed by atoms with van der Waals surface area (Å²) in [6.07, 6.45) is -4.59. The molecule has 3 nitrogen and oxygen atoms in total. The van der Waals surface area contributed by atoms with Gasteiger partial charge in [-0.2, -0.15) is 13.2 Å². The zero-order valence-corrected chi connectivity index (χ0v) is 11.6. The number of para-hydroxylation sites is 1. The molecule has 0 bridgehead atoms. The molecule has 8 heteroatoms. The Morgan fingerprint density at radius 2 is 1.73 bits per heavy atom. The Kier molecular flexibility index (Phi) is 4.56. The second kappa shape index (κ2) is 6.23. The Balaban J connectivity index is 2.19. The Morgan fingerprint density at radius 3 is 2.36 bits per heavy atom. The predicted octanol–water partition coefficient (Wildman–Crippen LogP) is 4.25. The van der Waals surface area contributed by atoms with E-state index in [1.54, 1.807) is 0 Å². The number of carbonyl (C=O) groups excluding carboxylic acids is 1. The molecule has 0 saturated heterocycles. The van der Waals surface area contributed by atoms with Gasteiger partial charge in [-0.15, -0.1) is 0 Å². The van der Waals surface area contributed by atoms with Crippen LogP contribution in [0.4, 0.5) is 23.2 Å². The lowest BCUT2D eigenvalue weighted by Crippen LogP contribution is -2.31. The summed E-state index contributed by atoms with van der Waals surface area (Å²) in [6, 6.07) is 8.18. The fourth-order valence-corrected chi connectivity index (χ4v) is 1.99. The number of nitrogens with one attached hydrogen (secondary N) is 2. The number of halogens is 5. The zero-order valence-electron chi connectivity index (χ0n) is 10.8. The predicted molar refractivity (Wildman–Crippen MR) is 73.9 cm³/mol. The summed E-state index contributed by atoms with van der Waals surface area (Å²) in [6.45, 7) is 0. The van der Waals surface area contributed by atoms with E-state index in [1.807, 2.05) is 5.43 Å². The van der Waals surface area contributed by atoms with E-state index in [0.717, 1.165) is 18.2 Å². The highest BCUT2D eigenvalue weighted by molar-refractivity contribution is 6.33. The number of alkyl halides is 3. The van der Waals surface area contributed by atoms with Crippen molar-refractivity contribution < 1.29 is 22.4 Å². The molecule has 2 rings (SSSR count). The number of rotatable bonds is 3. The first-order valence-corrected chi connectivity index (χ1v) is 6.35. The van der Waals surface area contributed by atoms with Crippen LogP contribution in [0.1, 0.15) is 15.9 Å². The van der Waals surface area contributed by atoms with E-state index in [9.17, 15) is 22.4 Å². The monoisotopic (exact) mass is 332 g/mol. The van der Waals surface area contributed by atoms with E-state index in [2.05, 4.69) is 5.43 Å². The van der Waals surface area contributed by atoms with Crippen molar-refractivity contribution in [3.8, 4) is 0 Å². The number of hydrogen-bond donors (Lipinski definition) is 2. The lowest BCUT2D eigenvalue weighted by atomic mass is 10.2. The second-order valence-electron chi connectivity index (χ2n) is 4.22. The molecule has 1 amide bonds. The van der Waals surface area contributed by atoms with Gasteiger partial charge < -0.3 is 0 Å². The smallest absolute Gasteiger partial charge is 0.298 e. The molecule has 2 aromatic carbocycles. The third kappa shape index (κ3) is 3.48. The van der Waals surface area contributed by atoms with E-state index >= 15 is 0 Å². The fraction of sp³-hybridized carbons (Fsp3) is 0.0714. The van der Waals surface area contributed by atoms with Crippen LogP contribution in [0.5, 0.6) is 0 Å². The Morgan fingerprint density at radius 1 is 1.05 bits per heavy atom. The van der Waals surface area contributed by atoms with Crippen molar-refractivity contribution in [2.45, 2.75) is 6.18 Å². The molecule has 0 aliphatic carbocycles. The molecule has 22 heavy (non-hydrogen) atoms. The largest absolute Gasteiger partial charge is 0.418 e. The number of benzene rings is 2. The van der Waals surface area contributed by atoms with E-state index in [0.29, 0.717) is 0 Å². The van der Waals surface area contributed by atoms with Crippen LogP contribution in [-0.2, 0) is 6.18 Å². The van der Waals surface area contributed by atoms with Crippen LogP contribution in [-0.4, -0.2) is 5.91 Å². The normalized spacial score (nSPS) is 11.1. The molecule has 2 N–H and O–H groups in total. The first-order chi connectivity index (χ1) is 10.3. The van der Waals surface area contributed by atoms with E-state index < -0.39 is 29.0 Å². The molecule has 0 fully saturated rings. The van der Waals surface area contributed by atoms with Crippen LogP contribution in [0.3, 0.4) is 0 Å². The van der Waals surface area contributed by atoms with Gasteiger partial charge in [0.15, 0.2) is 0 Å². The van der Waals surface area contributed by atoms with Crippen molar-refractivity contribution in [2.24, 2.45) is 0 Å². The minimum Gasteiger partial charge on any atom is -0.298 e. The van der Waals surface area contributed by atoms with Crippen LogP contribution in [0, 0.1) is 5.82 Å². The Labute approximate surface area is 127 Å². The van der Waals surface area contributed by atoms with Gasteiger partial charge in [-0.05, 0) is 24.3 Å². The Bertz CT molecular complexity index is 683. The summed E-state index contributed by atoms with van der Waals surface area (Å²) in [4.78, 5) is 11.8. The summed E-state index contributed by atoms with van der Waals surface area (Å²) in [5.41, 5.74) is 2.34. The van der Waals surface area contributed by atoms with Gasteiger partial charge in [-0.25, -0.2) is 4.39 Å². The fourth-order valence-electron chi connectivity index (χ4n) is 1.74. The number of carbonyl (C=O) groups is 1. The molecule has 0 unspecified atom stereocenters. The summed E-state index contributed by atoms with van der Waals surface area (Å²) in [5.74, 6) is -1.86. The summed E-state index contributed by atoms with van der Waals surface area (Å²) in [7, 11) is 0. The third-order valence-electron chi connectivity index (χ3n) is 2.73. The van der Waals surface area contributed by atoms with Crippen LogP contribution >= 0.6 is 11.6 Å². The first kappa shape index (κ1) is 16.1. The molecule has 116 valence electrons. The lowest BCUT2D eigenvalue weighted by molar-refractivity contribution is -0.137. The van der Waals surface area contributed by atoms with Gasteiger partial charge in [0.05, 0.1) is 21.8 Å². The first-order valence-electron chi connectivity index (χ1n) is 5.97. The van der Waals surface area contributed by atoms with Crippen LogP contribution in [0.15, 0.2) is 42.5 Å². The van der Waals surface area contributed by atoms with Gasteiger partial charge in [0.25, 0.3) is 5.91 Å². The zero-order chi connectivity index (χ0) is 16.3. The highest BCUT2D eigenvalue weighted by Crippen LogP contribution is 2.34. The second-order valence-corrected chi connectivity index (χ2v) is 4.63. The molecule has 0 spiro atoms. The summed E-state index contributed by atoms with van der Waals surface area (Å²) < 4.78 is 51.9. The molecule has 0 aliphatic rings. The molecular formula is C14H9ClF4N2O. The highest BCUT2D eigenvalue weighted by atomic mass is 35.5. The molecule has 0 aromatic heterocycles. The molecule has 0 aliphatic heterocycles. The number of anilines is 1. The molecule has 0 radical (unpaired) electrons. The number of hydrogen-bond acceptors (Lipinski definition) is 2. The molecule has 0 saturated carbocycles. The maximum absolute atomic E-state index is 13.5. The molecule has 0 heterocycles. The van der Waals surface area contributed by atoms with Crippen molar-refractivity contribution >= 4 is 23.2 Å². The van der Waals surface area contributed by atoms with Gasteiger partial charge in [-0.1, -0.05) is 29.8 Å². The van der Waals surface area contributed by atoms with Gasteiger partial charge in [0, 0.05) is 0 Å². The highest BCUT2D eigenvalue weighted by Gasteiger charge is 2.33. The van der Waals surface area contributed by atoms with Crippen molar-refractivity contribution in [1.82, 2.24) is 5.43 Å². The third-order valence-corrected chi connectivity index (χ3v) is 3.05. The maximum Gasteiger partial charge on any atom is 0.418 e. The van der Waals surface area contributed by atoms with Gasteiger partial charge in [-0.3, -0.25) is 15.6 Å².